The Morgan fingerprint density at radius 2 is 2.10 bits per heavy atom. The molecular weight excluding hydrogens is 384 g/mol. The molecule has 2 aromatic carbocycles. The zero-order valence-corrected chi connectivity index (χ0v) is 16.8. The first kappa shape index (κ1) is 19.9. The van der Waals surface area contributed by atoms with Gasteiger partial charge in [0.25, 0.3) is 5.91 Å². The highest BCUT2D eigenvalue weighted by Crippen LogP contribution is 2.31. The first-order valence-electron chi connectivity index (χ1n) is 10.1. The van der Waals surface area contributed by atoms with Crippen molar-refractivity contribution in [3.63, 3.8) is 0 Å². The van der Waals surface area contributed by atoms with Gasteiger partial charge in [0.1, 0.15) is 11.8 Å². The molecule has 8 nitrogen and oxygen atoms in total. The number of fused-ring (bicyclic) bond motifs is 1. The highest BCUT2D eigenvalue weighted by atomic mass is 16.5. The van der Waals surface area contributed by atoms with Gasteiger partial charge in [0, 0.05) is 24.9 Å². The highest BCUT2D eigenvalue weighted by Gasteiger charge is 2.35. The summed E-state index contributed by atoms with van der Waals surface area (Å²) in [5.74, 6) is 0.594. The molecule has 4 rings (SSSR count). The van der Waals surface area contributed by atoms with Crippen molar-refractivity contribution in [3.8, 4) is 5.75 Å². The summed E-state index contributed by atoms with van der Waals surface area (Å²) in [6, 6.07) is 10.3. The number of carbonyl (C=O) groups is 2. The smallest absolute Gasteiger partial charge is 0.258 e. The summed E-state index contributed by atoms with van der Waals surface area (Å²) in [5.41, 5.74) is 0.222. The lowest BCUT2D eigenvalue weighted by Gasteiger charge is -2.24. The van der Waals surface area contributed by atoms with Crippen molar-refractivity contribution in [1.82, 2.24) is 20.4 Å². The molecular formula is C22H24N4O4. The monoisotopic (exact) mass is 408 g/mol. The maximum atomic E-state index is 13.1. The standard InChI is InChI=1S/C22H24N4O4/c1-14-24-19(30-25-14)9-4-12-23-21(28)18-8-5-13-26(18)22(29)17-11-10-15-6-2-3-7-16(15)20(17)27/h2-3,6-7,10-11,18,27H,4-5,8-9,12-13H2,1H3,(H,23,28). The van der Waals surface area contributed by atoms with Crippen LogP contribution < -0.4 is 5.32 Å². The second kappa shape index (κ2) is 8.52. The van der Waals surface area contributed by atoms with Crippen LogP contribution >= 0.6 is 0 Å². The van der Waals surface area contributed by atoms with Crippen LogP contribution in [0.25, 0.3) is 10.8 Å². The van der Waals surface area contributed by atoms with Crippen molar-refractivity contribution in [2.45, 2.75) is 38.6 Å². The van der Waals surface area contributed by atoms with Crippen LogP contribution in [0.5, 0.6) is 5.75 Å². The van der Waals surface area contributed by atoms with E-state index in [9.17, 15) is 14.7 Å². The molecule has 2 heterocycles. The van der Waals surface area contributed by atoms with Crippen LogP contribution in [0.2, 0.25) is 0 Å². The number of benzene rings is 2. The Morgan fingerprint density at radius 1 is 1.27 bits per heavy atom. The number of carbonyl (C=O) groups excluding carboxylic acids is 2. The van der Waals surface area contributed by atoms with Gasteiger partial charge in [-0.25, -0.2) is 0 Å². The number of aryl methyl sites for hydroxylation is 2. The number of likely N-dealkylation sites (tertiary alicyclic amines) is 1. The van der Waals surface area contributed by atoms with Gasteiger partial charge >= 0.3 is 0 Å². The molecule has 1 fully saturated rings. The number of phenolic OH excluding ortho intramolecular Hbond substituents is 1. The van der Waals surface area contributed by atoms with E-state index in [0.717, 1.165) is 11.8 Å². The number of aromatic hydroxyl groups is 1. The van der Waals surface area contributed by atoms with Crippen LogP contribution in [0, 0.1) is 6.92 Å². The van der Waals surface area contributed by atoms with Gasteiger partial charge in [0.15, 0.2) is 5.82 Å². The lowest BCUT2D eigenvalue weighted by atomic mass is 10.0. The third kappa shape index (κ3) is 3.98. The van der Waals surface area contributed by atoms with Crippen molar-refractivity contribution >= 4 is 22.6 Å². The molecule has 1 saturated heterocycles. The van der Waals surface area contributed by atoms with Crippen molar-refractivity contribution in [2.75, 3.05) is 13.1 Å². The summed E-state index contributed by atoms with van der Waals surface area (Å²) in [7, 11) is 0. The highest BCUT2D eigenvalue weighted by molar-refractivity contribution is 6.05. The summed E-state index contributed by atoms with van der Waals surface area (Å²) in [4.78, 5) is 31.5. The fraction of sp³-hybridized carbons (Fsp3) is 0.364. The number of rotatable bonds is 6. The first-order chi connectivity index (χ1) is 14.5. The Morgan fingerprint density at radius 3 is 2.90 bits per heavy atom. The maximum Gasteiger partial charge on any atom is 0.258 e. The van der Waals surface area contributed by atoms with Crippen LogP contribution in [0.1, 0.15) is 41.3 Å². The molecule has 1 unspecified atom stereocenters. The summed E-state index contributed by atoms with van der Waals surface area (Å²) >= 11 is 0. The number of phenols is 1. The molecule has 30 heavy (non-hydrogen) atoms. The molecule has 2 amide bonds. The van der Waals surface area contributed by atoms with Crippen molar-refractivity contribution in [1.29, 1.82) is 0 Å². The Labute approximate surface area is 173 Å². The Bertz CT molecular complexity index is 1080. The van der Waals surface area contributed by atoms with Gasteiger partial charge < -0.3 is 19.8 Å². The minimum absolute atomic E-state index is 0.0426. The number of nitrogens with one attached hydrogen (secondary N) is 1. The average Bonchev–Trinajstić information content (AvgIpc) is 3.40. The van der Waals surface area contributed by atoms with Crippen LogP contribution in [0.15, 0.2) is 40.9 Å². The van der Waals surface area contributed by atoms with E-state index >= 15 is 0 Å². The molecule has 1 aliphatic heterocycles. The van der Waals surface area contributed by atoms with E-state index in [0.29, 0.717) is 49.5 Å². The molecule has 8 heteroatoms. The summed E-state index contributed by atoms with van der Waals surface area (Å²) in [6.07, 6.45) is 2.60. The van der Waals surface area contributed by atoms with Gasteiger partial charge in [0.2, 0.25) is 11.8 Å². The number of hydrogen-bond donors (Lipinski definition) is 2. The fourth-order valence-corrected chi connectivity index (χ4v) is 3.88. The van der Waals surface area contributed by atoms with Crippen LogP contribution in [0.3, 0.4) is 0 Å². The molecule has 0 saturated carbocycles. The minimum atomic E-state index is -0.533. The molecule has 1 aliphatic rings. The Hall–Kier alpha value is -3.42. The molecule has 3 aromatic rings. The first-order valence-corrected chi connectivity index (χ1v) is 10.1. The third-order valence-corrected chi connectivity index (χ3v) is 5.38. The van der Waals surface area contributed by atoms with E-state index in [1.165, 1.54) is 0 Å². The normalized spacial score (nSPS) is 16.2. The zero-order valence-electron chi connectivity index (χ0n) is 16.8. The van der Waals surface area contributed by atoms with Crippen molar-refractivity contribution < 1.29 is 19.2 Å². The fourth-order valence-electron chi connectivity index (χ4n) is 3.88. The SMILES string of the molecule is Cc1noc(CCCNC(=O)C2CCCN2C(=O)c2ccc3ccccc3c2O)n1. The van der Waals surface area contributed by atoms with Gasteiger partial charge in [-0.1, -0.05) is 35.5 Å². The van der Waals surface area contributed by atoms with Crippen LogP contribution in [-0.2, 0) is 11.2 Å². The molecule has 2 N–H and O–H groups in total. The second-order valence-electron chi connectivity index (χ2n) is 7.47. The lowest BCUT2D eigenvalue weighted by Crippen LogP contribution is -2.46. The van der Waals surface area contributed by atoms with E-state index in [4.69, 9.17) is 4.52 Å². The van der Waals surface area contributed by atoms with E-state index in [1.54, 1.807) is 24.0 Å². The average molecular weight is 408 g/mol. The van der Waals surface area contributed by atoms with Crippen LogP contribution in [0.4, 0.5) is 0 Å². The summed E-state index contributed by atoms with van der Waals surface area (Å²) in [5, 5.41) is 18.7. The minimum Gasteiger partial charge on any atom is -0.506 e. The van der Waals surface area contributed by atoms with E-state index in [1.807, 2.05) is 24.3 Å². The van der Waals surface area contributed by atoms with Gasteiger partial charge in [-0.05, 0) is 37.6 Å². The zero-order chi connectivity index (χ0) is 21.1. The van der Waals surface area contributed by atoms with Gasteiger partial charge in [-0.15, -0.1) is 0 Å². The van der Waals surface area contributed by atoms with Gasteiger partial charge in [-0.2, -0.15) is 4.98 Å². The topological polar surface area (TPSA) is 109 Å². The lowest BCUT2D eigenvalue weighted by molar-refractivity contribution is -0.124. The Balaban J connectivity index is 1.39. The molecule has 0 bridgehead atoms. The summed E-state index contributed by atoms with van der Waals surface area (Å²) < 4.78 is 5.06. The molecule has 1 atom stereocenters. The molecule has 0 aliphatic carbocycles. The molecule has 156 valence electrons. The quantitative estimate of drug-likeness (QED) is 0.607. The van der Waals surface area contributed by atoms with Crippen molar-refractivity contribution in [2.24, 2.45) is 0 Å². The predicted octanol–water partition coefficient (Wildman–Crippen LogP) is 2.59. The van der Waals surface area contributed by atoms with E-state index in [-0.39, 0.29) is 23.1 Å². The Kier molecular flexibility index (Phi) is 5.65. The van der Waals surface area contributed by atoms with Gasteiger partial charge in [0.05, 0.1) is 5.56 Å². The molecule has 0 spiro atoms. The van der Waals surface area contributed by atoms with Crippen LogP contribution in [-0.4, -0.2) is 51.1 Å². The van der Waals surface area contributed by atoms with E-state index in [2.05, 4.69) is 15.5 Å². The summed E-state index contributed by atoms with van der Waals surface area (Å²) in [6.45, 7) is 2.71. The molecule has 0 radical (unpaired) electrons. The third-order valence-electron chi connectivity index (χ3n) is 5.38. The predicted molar refractivity (Wildman–Crippen MR) is 110 cm³/mol. The number of aromatic nitrogens is 2. The van der Waals surface area contributed by atoms with E-state index < -0.39 is 6.04 Å². The van der Waals surface area contributed by atoms with Crippen molar-refractivity contribution in [3.05, 3.63) is 53.7 Å². The molecule has 1 aromatic heterocycles. The van der Waals surface area contributed by atoms with Gasteiger partial charge in [-0.3, -0.25) is 9.59 Å². The maximum absolute atomic E-state index is 13.1. The number of nitrogens with zero attached hydrogens (tertiary/aromatic N) is 3. The number of hydrogen-bond acceptors (Lipinski definition) is 6. The number of amides is 2. The second-order valence-corrected chi connectivity index (χ2v) is 7.47. The largest absolute Gasteiger partial charge is 0.506 e.